The Hall–Kier alpha value is -1.51. The highest BCUT2D eigenvalue weighted by Gasteiger charge is 2.25. The van der Waals surface area contributed by atoms with E-state index in [9.17, 15) is 4.79 Å². The quantitative estimate of drug-likeness (QED) is 0.814. The summed E-state index contributed by atoms with van der Waals surface area (Å²) in [5.41, 5.74) is 7.43. The molecule has 1 aromatic carbocycles. The van der Waals surface area contributed by atoms with E-state index < -0.39 is 0 Å². The molecule has 1 aliphatic rings. The molecule has 0 radical (unpaired) electrons. The van der Waals surface area contributed by atoms with Crippen molar-refractivity contribution < 1.29 is 4.79 Å². The van der Waals surface area contributed by atoms with Crippen LogP contribution in [0.15, 0.2) is 24.3 Å². The van der Waals surface area contributed by atoms with Gasteiger partial charge in [0.1, 0.15) is 0 Å². The zero-order chi connectivity index (χ0) is 13.1. The van der Waals surface area contributed by atoms with Gasteiger partial charge in [0.15, 0.2) is 0 Å². The van der Waals surface area contributed by atoms with Crippen molar-refractivity contribution in [3.63, 3.8) is 0 Å². The van der Waals surface area contributed by atoms with Gasteiger partial charge in [0.2, 0.25) is 5.91 Å². The summed E-state index contributed by atoms with van der Waals surface area (Å²) in [6.45, 7) is 6.24. The molecule has 0 aliphatic carbocycles. The molecule has 2 unspecified atom stereocenters. The Morgan fingerprint density at radius 3 is 2.33 bits per heavy atom. The lowest BCUT2D eigenvalue weighted by atomic mass is 9.91. The van der Waals surface area contributed by atoms with E-state index in [1.165, 1.54) is 6.42 Å². The van der Waals surface area contributed by atoms with Crippen molar-refractivity contribution >= 4 is 11.6 Å². The molecule has 0 spiro atoms. The van der Waals surface area contributed by atoms with Gasteiger partial charge in [0.25, 0.3) is 0 Å². The molecule has 0 aromatic heterocycles. The van der Waals surface area contributed by atoms with E-state index in [-0.39, 0.29) is 5.91 Å². The van der Waals surface area contributed by atoms with Gasteiger partial charge in [-0.05, 0) is 36.0 Å². The van der Waals surface area contributed by atoms with Crippen LogP contribution in [0, 0.1) is 11.8 Å². The molecule has 0 saturated carbocycles. The Morgan fingerprint density at radius 1 is 1.22 bits per heavy atom. The minimum atomic E-state index is 0.234. The van der Waals surface area contributed by atoms with Crippen molar-refractivity contribution in [1.82, 2.24) is 4.90 Å². The molecule has 2 rings (SSSR count). The number of nitrogens with two attached hydrogens (primary N) is 1. The minimum absolute atomic E-state index is 0.234. The van der Waals surface area contributed by atoms with E-state index in [2.05, 4.69) is 13.8 Å². The van der Waals surface area contributed by atoms with Crippen LogP contribution in [0.1, 0.15) is 25.8 Å². The average Bonchev–Trinajstić information content (AvgIpc) is 2.31. The normalized spacial score (nSPS) is 24.0. The molecule has 0 bridgehead atoms. The summed E-state index contributed by atoms with van der Waals surface area (Å²) >= 11 is 0. The van der Waals surface area contributed by atoms with Gasteiger partial charge in [-0.25, -0.2) is 0 Å². The Kier molecular flexibility index (Phi) is 3.90. The number of carbonyl (C=O) groups is 1. The largest absolute Gasteiger partial charge is 0.399 e. The fourth-order valence-corrected chi connectivity index (χ4v) is 2.79. The number of nitrogen functional groups attached to an aromatic ring is 1. The molecule has 1 aromatic rings. The molecule has 1 aliphatic heterocycles. The second-order valence-electron chi connectivity index (χ2n) is 5.66. The van der Waals surface area contributed by atoms with Crippen LogP contribution in [0.2, 0.25) is 0 Å². The van der Waals surface area contributed by atoms with Gasteiger partial charge in [-0.3, -0.25) is 4.79 Å². The fraction of sp³-hybridized carbons (Fsp3) is 0.533. The summed E-state index contributed by atoms with van der Waals surface area (Å²) < 4.78 is 0. The second-order valence-corrected chi connectivity index (χ2v) is 5.66. The summed E-state index contributed by atoms with van der Waals surface area (Å²) in [7, 11) is 0. The predicted molar refractivity (Wildman–Crippen MR) is 74.1 cm³/mol. The Bertz CT molecular complexity index is 403. The average molecular weight is 246 g/mol. The maximum absolute atomic E-state index is 12.2. The molecule has 1 fully saturated rings. The van der Waals surface area contributed by atoms with E-state index in [4.69, 9.17) is 5.73 Å². The topological polar surface area (TPSA) is 46.3 Å². The molecule has 2 atom stereocenters. The summed E-state index contributed by atoms with van der Waals surface area (Å²) in [5, 5.41) is 0. The zero-order valence-corrected chi connectivity index (χ0v) is 11.2. The van der Waals surface area contributed by atoms with Crippen LogP contribution >= 0.6 is 0 Å². The van der Waals surface area contributed by atoms with Crippen molar-refractivity contribution in [2.24, 2.45) is 11.8 Å². The number of hydrogen-bond donors (Lipinski definition) is 1. The van der Waals surface area contributed by atoms with Gasteiger partial charge >= 0.3 is 0 Å². The van der Waals surface area contributed by atoms with E-state index in [0.717, 1.165) is 24.3 Å². The lowest BCUT2D eigenvalue weighted by Crippen LogP contribution is -2.43. The molecular formula is C15H22N2O. The number of anilines is 1. The number of nitrogens with zero attached hydrogens (tertiary/aromatic N) is 1. The lowest BCUT2D eigenvalue weighted by Gasteiger charge is -2.35. The Morgan fingerprint density at radius 2 is 1.78 bits per heavy atom. The molecule has 2 N–H and O–H groups in total. The third kappa shape index (κ3) is 3.25. The first-order valence-corrected chi connectivity index (χ1v) is 6.67. The standard InChI is InChI=1S/C15H22N2O/c1-11-7-12(2)10-17(9-11)15(18)8-13-3-5-14(16)6-4-13/h3-6,11-12H,7-10,16H2,1-2H3. The van der Waals surface area contributed by atoms with E-state index in [1.807, 2.05) is 29.2 Å². The fourth-order valence-electron chi connectivity index (χ4n) is 2.79. The van der Waals surface area contributed by atoms with Crippen molar-refractivity contribution in [3.05, 3.63) is 29.8 Å². The van der Waals surface area contributed by atoms with Gasteiger partial charge < -0.3 is 10.6 Å². The molecule has 1 amide bonds. The van der Waals surface area contributed by atoms with Gasteiger partial charge in [0.05, 0.1) is 6.42 Å². The highest BCUT2D eigenvalue weighted by molar-refractivity contribution is 5.79. The number of likely N-dealkylation sites (tertiary alicyclic amines) is 1. The molecular weight excluding hydrogens is 224 g/mol. The Labute approximate surface area is 109 Å². The summed E-state index contributed by atoms with van der Waals surface area (Å²) in [4.78, 5) is 14.2. The van der Waals surface area contributed by atoms with Crippen LogP contribution in [0.25, 0.3) is 0 Å². The van der Waals surface area contributed by atoms with Gasteiger partial charge in [0, 0.05) is 18.8 Å². The van der Waals surface area contributed by atoms with Crippen LogP contribution in [0.3, 0.4) is 0 Å². The highest BCUT2D eigenvalue weighted by Crippen LogP contribution is 2.21. The van der Waals surface area contributed by atoms with Gasteiger partial charge in [-0.15, -0.1) is 0 Å². The van der Waals surface area contributed by atoms with Gasteiger partial charge in [-0.1, -0.05) is 26.0 Å². The molecule has 3 heteroatoms. The Balaban J connectivity index is 1.97. The molecule has 98 valence electrons. The summed E-state index contributed by atoms with van der Waals surface area (Å²) in [6.07, 6.45) is 1.71. The van der Waals surface area contributed by atoms with Crippen molar-refractivity contribution in [1.29, 1.82) is 0 Å². The number of carbonyl (C=O) groups excluding carboxylic acids is 1. The van der Waals surface area contributed by atoms with Crippen LogP contribution in [0.4, 0.5) is 5.69 Å². The first-order valence-electron chi connectivity index (χ1n) is 6.67. The molecule has 18 heavy (non-hydrogen) atoms. The SMILES string of the molecule is CC1CC(C)CN(C(=O)Cc2ccc(N)cc2)C1. The monoisotopic (exact) mass is 246 g/mol. The van der Waals surface area contributed by atoms with Crippen molar-refractivity contribution in [2.45, 2.75) is 26.7 Å². The lowest BCUT2D eigenvalue weighted by molar-refractivity contribution is -0.133. The van der Waals surface area contributed by atoms with E-state index >= 15 is 0 Å². The third-order valence-electron chi connectivity index (χ3n) is 3.56. The van der Waals surface area contributed by atoms with E-state index in [1.54, 1.807) is 0 Å². The maximum atomic E-state index is 12.2. The number of piperidine rings is 1. The highest BCUT2D eigenvalue weighted by atomic mass is 16.2. The smallest absolute Gasteiger partial charge is 0.227 e. The van der Waals surface area contributed by atoms with Crippen LogP contribution < -0.4 is 5.73 Å². The number of amides is 1. The van der Waals surface area contributed by atoms with Crippen LogP contribution in [-0.4, -0.2) is 23.9 Å². The molecule has 1 heterocycles. The second kappa shape index (κ2) is 5.42. The summed E-state index contributed by atoms with van der Waals surface area (Å²) in [5.74, 6) is 1.46. The van der Waals surface area contributed by atoms with Crippen LogP contribution in [-0.2, 0) is 11.2 Å². The minimum Gasteiger partial charge on any atom is -0.399 e. The third-order valence-corrected chi connectivity index (χ3v) is 3.56. The van der Waals surface area contributed by atoms with E-state index in [0.29, 0.717) is 18.3 Å². The maximum Gasteiger partial charge on any atom is 0.227 e. The zero-order valence-electron chi connectivity index (χ0n) is 11.2. The van der Waals surface area contributed by atoms with Crippen LogP contribution in [0.5, 0.6) is 0 Å². The number of hydrogen-bond acceptors (Lipinski definition) is 2. The molecule has 1 saturated heterocycles. The first-order chi connectivity index (χ1) is 8.54. The van der Waals surface area contributed by atoms with Crippen molar-refractivity contribution in [2.75, 3.05) is 18.8 Å². The number of rotatable bonds is 2. The van der Waals surface area contributed by atoms with Crippen molar-refractivity contribution in [3.8, 4) is 0 Å². The first kappa shape index (κ1) is 12.9. The number of benzene rings is 1. The van der Waals surface area contributed by atoms with Gasteiger partial charge in [-0.2, -0.15) is 0 Å². The predicted octanol–water partition coefficient (Wildman–Crippen LogP) is 2.32. The summed E-state index contributed by atoms with van der Waals surface area (Å²) in [6, 6.07) is 7.57. The molecule has 3 nitrogen and oxygen atoms in total.